The van der Waals surface area contributed by atoms with Crippen molar-refractivity contribution in [1.82, 2.24) is 4.90 Å². The predicted octanol–water partition coefficient (Wildman–Crippen LogP) is 2.96. The average Bonchev–Trinajstić information content (AvgIpc) is 2.47. The molecule has 0 unspecified atom stereocenters. The van der Waals surface area contributed by atoms with Crippen molar-refractivity contribution in [2.45, 2.75) is 12.6 Å². The Morgan fingerprint density at radius 2 is 1.60 bits per heavy atom. The third kappa shape index (κ3) is 3.11. The summed E-state index contributed by atoms with van der Waals surface area (Å²) in [6.45, 7) is 2.98. The number of hydrogen-bond donors (Lipinski definition) is 0. The molecule has 2 aromatic carbocycles. The van der Waals surface area contributed by atoms with Crippen LogP contribution >= 0.6 is 0 Å². The lowest BCUT2D eigenvalue weighted by Gasteiger charge is -2.39. The molecule has 1 aliphatic rings. The van der Waals surface area contributed by atoms with Gasteiger partial charge < -0.3 is 9.47 Å². The summed E-state index contributed by atoms with van der Waals surface area (Å²) < 4.78 is 11.1. The SMILES string of the molecule is COc1ccc(OC2CN(Cc3ccccc3)C2)cc1. The predicted molar refractivity (Wildman–Crippen MR) is 79.1 cm³/mol. The highest BCUT2D eigenvalue weighted by atomic mass is 16.5. The summed E-state index contributed by atoms with van der Waals surface area (Å²) in [5, 5.41) is 0. The van der Waals surface area contributed by atoms with E-state index in [2.05, 4.69) is 35.2 Å². The number of ether oxygens (including phenoxy) is 2. The van der Waals surface area contributed by atoms with Gasteiger partial charge in [0.1, 0.15) is 17.6 Å². The van der Waals surface area contributed by atoms with Crippen LogP contribution in [0.3, 0.4) is 0 Å². The second-order valence-electron chi connectivity index (χ2n) is 5.10. The molecule has 3 heteroatoms. The lowest BCUT2D eigenvalue weighted by atomic mass is 10.1. The molecule has 0 radical (unpaired) electrons. The summed E-state index contributed by atoms with van der Waals surface area (Å²) in [5.74, 6) is 1.77. The van der Waals surface area contributed by atoms with Crippen LogP contribution in [0.5, 0.6) is 11.5 Å². The van der Waals surface area contributed by atoms with E-state index in [1.54, 1.807) is 7.11 Å². The molecule has 1 fully saturated rings. The van der Waals surface area contributed by atoms with E-state index in [0.29, 0.717) is 6.10 Å². The molecule has 1 aliphatic heterocycles. The van der Waals surface area contributed by atoms with E-state index in [-0.39, 0.29) is 0 Å². The van der Waals surface area contributed by atoms with Gasteiger partial charge >= 0.3 is 0 Å². The molecule has 2 aromatic rings. The first-order valence-electron chi connectivity index (χ1n) is 6.90. The Morgan fingerprint density at radius 1 is 0.950 bits per heavy atom. The minimum Gasteiger partial charge on any atom is -0.497 e. The lowest BCUT2D eigenvalue weighted by Crippen LogP contribution is -2.53. The number of nitrogens with zero attached hydrogens (tertiary/aromatic N) is 1. The monoisotopic (exact) mass is 269 g/mol. The molecule has 0 amide bonds. The standard InChI is InChI=1S/C17H19NO2/c1-19-15-7-9-16(10-8-15)20-17-12-18(13-17)11-14-5-3-2-4-6-14/h2-10,17H,11-13H2,1H3. The van der Waals surface area contributed by atoms with Gasteiger partial charge in [0.05, 0.1) is 7.11 Å². The fourth-order valence-corrected chi connectivity index (χ4v) is 2.41. The Bertz CT molecular complexity index is 533. The van der Waals surface area contributed by atoms with Crippen molar-refractivity contribution in [2.75, 3.05) is 20.2 Å². The molecule has 104 valence electrons. The smallest absolute Gasteiger partial charge is 0.124 e. The van der Waals surface area contributed by atoms with E-state index >= 15 is 0 Å². The van der Waals surface area contributed by atoms with Crippen LogP contribution in [0.25, 0.3) is 0 Å². The third-order valence-corrected chi connectivity index (χ3v) is 3.53. The van der Waals surface area contributed by atoms with Crippen LogP contribution in [-0.4, -0.2) is 31.2 Å². The van der Waals surface area contributed by atoms with Crippen molar-refractivity contribution in [3.63, 3.8) is 0 Å². The van der Waals surface area contributed by atoms with E-state index in [1.807, 2.05) is 24.3 Å². The Hall–Kier alpha value is -2.00. The van der Waals surface area contributed by atoms with Gasteiger partial charge in [-0.25, -0.2) is 0 Å². The van der Waals surface area contributed by atoms with Crippen LogP contribution < -0.4 is 9.47 Å². The summed E-state index contributed by atoms with van der Waals surface area (Å²) in [6, 6.07) is 18.3. The molecule has 0 saturated carbocycles. The van der Waals surface area contributed by atoms with E-state index in [9.17, 15) is 0 Å². The van der Waals surface area contributed by atoms with Crippen molar-refractivity contribution in [2.24, 2.45) is 0 Å². The van der Waals surface area contributed by atoms with E-state index in [0.717, 1.165) is 31.1 Å². The average molecular weight is 269 g/mol. The van der Waals surface area contributed by atoms with Crippen molar-refractivity contribution in [3.8, 4) is 11.5 Å². The molecule has 0 bridgehead atoms. The molecule has 0 aromatic heterocycles. The zero-order valence-corrected chi connectivity index (χ0v) is 11.7. The number of methoxy groups -OCH3 is 1. The van der Waals surface area contributed by atoms with E-state index in [1.165, 1.54) is 5.56 Å². The summed E-state index contributed by atoms with van der Waals surface area (Å²) in [5.41, 5.74) is 1.36. The second-order valence-corrected chi connectivity index (χ2v) is 5.10. The lowest BCUT2D eigenvalue weighted by molar-refractivity contribution is 0.0145. The molecular formula is C17H19NO2. The Balaban J connectivity index is 1.46. The van der Waals surface area contributed by atoms with Crippen LogP contribution in [-0.2, 0) is 6.54 Å². The fourth-order valence-electron chi connectivity index (χ4n) is 2.41. The minimum atomic E-state index is 0.298. The molecule has 0 atom stereocenters. The van der Waals surface area contributed by atoms with Crippen molar-refractivity contribution in [3.05, 3.63) is 60.2 Å². The molecule has 0 spiro atoms. The first-order chi connectivity index (χ1) is 9.83. The highest BCUT2D eigenvalue weighted by Crippen LogP contribution is 2.22. The molecule has 3 nitrogen and oxygen atoms in total. The topological polar surface area (TPSA) is 21.7 Å². The molecule has 0 N–H and O–H groups in total. The highest BCUT2D eigenvalue weighted by molar-refractivity contribution is 5.31. The summed E-state index contributed by atoms with van der Waals surface area (Å²) in [4.78, 5) is 2.39. The van der Waals surface area contributed by atoms with Gasteiger partial charge in [-0.3, -0.25) is 4.90 Å². The third-order valence-electron chi connectivity index (χ3n) is 3.53. The zero-order chi connectivity index (χ0) is 13.8. The summed E-state index contributed by atoms with van der Waals surface area (Å²) in [7, 11) is 1.67. The Kier molecular flexibility index (Phi) is 3.88. The molecule has 1 saturated heterocycles. The van der Waals surface area contributed by atoms with Gasteiger partial charge in [-0.2, -0.15) is 0 Å². The number of rotatable bonds is 5. The van der Waals surface area contributed by atoms with Crippen LogP contribution in [0.1, 0.15) is 5.56 Å². The maximum atomic E-state index is 5.92. The second kappa shape index (κ2) is 5.97. The highest BCUT2D eigenvalue weighted by Gasteiger charge is 2.28. The number of hydrogen-bond acceptors (Lipinski definition) is 3. The van der Waals surface area contributed by atoms with Gasteiger partial charge in [0.25, 0.3) is 0 Å². The quantitative estimate of drug-likeness (QED) is 0.833. The largest absolute Gasteiger partial charge is 0.497 e. The Labute approximate surface area is 119 Å². The zero-order valence-electron chi connectivity index (χ0n) is 11.7. The van der Waals surface area contributed by atoms with Crippen molar-refractivity contribution >= 4 is 0 Å². The van der Waals surface area contributed by atoms with Gasteiger partial charge in [-0.15, -0.1) is 0 Å². The first-order valence-corrected chi connectivity index (χ1v) is 6.90. The van der Waals surface area contributed by atoms with E-state index < -0.39 is 0 Å². The molecule has 0 aliphatic carbocycles. The molecule has 1 heterocycles. The minimum absolute atomic E-state index is 0.298. The van der Waals surface area contributed by atoms with Crippen molar-refractivity contribution in [1.29, 1.82) is 0 Å². The summed E-state index contributed by atoms with van der Waals surface area (Å²) >= 11 is 0. The van der Waals surface area contributed by atoms with Crippen LogP contribution in [0, 0.1) is 0 Å². The molecule has 3 rings (SSSR count). The van der Waals surface area contributed by atoms with Gasteiger partial charge in [-0.05, 0) is 29.8 Å². The number of benzene rings is 2. The maximum absolute atomic E-state index is 5.92. The van der Waals surface area contributed by atoms with E-state index in [4.69, 9.17) is 9.47 Å². The molecule has 20 heavy (non-hydrogen) atoms. The normalized spacial score (nSPS) is 15.7. The van der Waals surface area contributed by atoms with Gasteiger partial charge in [0.15, 0.2) is 0 Å². The maximum Gasteiger partial charge on any atom is 0.124 e. The fraction of sp³-hybridized carbons (Fsp3) is 0.294. The van der Waals surface area contributed by atoms with Crippen LogP contribution in [0.4, 0.5) is 0 Å². The van der Waals surface area contributed by atoms with Crippen molar-refractivity contribution < 1.29 is 9.47 Å². The number of likely N-dealkylation sites (tertiary alicyclic amines) is 1. The van der Waals surface area contributed by atoms with Gasteiger partial charge in [0.2, 0.25) is 0 Å². The van der Waals surface area contributed by atoms with Crippen LogP contribution in [0.2, 0.25) is 0 Å². The summed E-state index contributed by atoms with van der Waals surface area (Å²) in [6.07, 6.45) is 0.298. The Morgan fingerprint density at radius 3 is 2.25 bits per heavy atom. The first kappa shape index (κ1) is 13.0. The van der Waals surface area contributed by atoms with Crippen LogP contribution in [0.15, 0.2) is 54.6 Å². The van der Waals surface area contributed by atoms with Gasteiger partial charge in [-0.1, -0.05) is 30.3 Å². The molecular weight excluding hydrogens is 250 g/mol. The van der Waals surface area contributed by atoms with Gasteiger partial charge in [0, 0.05) is 19.6 Å².